The van der Waals surface area contributed by atoms with Crippen molar-refractivity contribution in [2.45, 2.75) is 0 Å². The highest BCUT2D eigenvalue weighted by atomic mass is 19.1. The fourth-order valence-electron chi connectivity index (χ4n) is 2.20. The third kappa shape index (κ3) is 4.24. The van der Waals surface area contributed by atoms with Crippen LogP contribution in [0.3, 0.4) is 0 Å². The molecule has 0 radical (unpaired) electrons. The van der Waals surface area contributed by atoms with E-state index in [-0.39, 0.29) is 5.69 Å². The summed E-state index contributed by atoms with van der Waals surface area (Å²) in [4.78, 5) is 24.1. The van der Waals surface area contributed by atoms with Crippen LogP contribution in [0.15, 0.2) is 78.9 Å². The zero-order valence-corrected chi connectivity index (χ0v) is 13.6. The van der Waals surface area contributed by atoms with Gasteiger partial charge >= 0.3 is 11.8 Å². The first kappa shape index (κ1) is 17.2. The Bertz CT molecular complexity index is 929. The number of rotatable bonds is 4. The smallest absolute Gasteiger partial charge is 0.314 e. The predicted molar refractivity (Wildman–Crippen MR) is 96.6 cm³/mol. The normalized spacial score (nSPS) is 10.0. The molecule has 0 spiro atoms. The molecule has 2 amide bonds. The molecule has 0 fully saturated rings. The molecule has 0 aliphatic carbocycles. The minimum atomic E-state index is -0.982. The van der Waals surface area contributed by atoms with Crippen LogP contribution in [0.2, 0.25) is 0 Å². The SMILES string of the molecule is O=C(Nc1ccccc1F)C(=O)Nc1ccccc1Oc1ccccc1. The maximum Gasteiger partial charge on any atom is 0.314 e. The second-order valence-corrected chi connectivity index (χ2v) is 5.30. The lowest BCUT2D eigenvalue weighted by atomic mass is 10.2. The Morgan fingerprint density at radius 2 is 1.23 bits per heavy atom. The van der Waals surface area contributed by atoms with Crippen molar-refractivity contribution in [1.29, 1.82) is 0 Å². The molecule has 6 heteroatoms. The number of para-hydroxylation sites is 4. The molecule has 5 nitrogen and oxygen atoms in total. The van der Waals surface area contributed by atoms with Crippen molar-refractivity contribution in [1.82, 2.24) is 0 Å². The molecule has 3 aromatic carbocycles. The number of carbonyl (C=O) groups is 2. The summed E-state index contributed by atoms with van der Waals surface area (Å²) in [6, 6.07) is 21.3. The Morgan fingerprint density at radius 3 is 1.92 bits per heavy atom. The summed E-state index contributed by atoms with van der Waals surface area (Å²) in [5.74, 6) is -1.57. The molecule has 0 aliphatic heterocycles. The molecule has 0 aromatic heterocycles. The number of carbonyl (C=O) groups excluding carboxylic acids is 2. The third-order valence-electron chi connectivity index (χ3n) is 3.43. The molecule has 0 bridgehead atoms. The molecule has 0 atom stereocenters. The Hall–Kier alpha value is -3.67. The molecule has 26 heavy (non-hydrogen) atoms. The number of hydrogen-bond acceptors (Lipinski definition) is 3. The summed E-state index contributed by atoms with van der Waals surface area (Å²) in [5, 5.41) is 4.70. The highest BCUT2D eigenvalue weighted by Gasteiger charge is 2.17. The second kappa shape index (κ2) is 7.94. The molecule has 0 heterocycles. The van der Waals surface area contributed by atoms with Crippen molar-refractivity contribution in [3.63, 3.8) is 0 Å². The van der Waals surface area contributed by atoms with E-state index in [1.54, 1.807) is 42.5 Å². The molecule has 0 unspecified atom stereocenters. The molecule has 0 saturated carbocycles. The zero-order chi connectivity index (χ0) is 18.4. The van der Waals surface area contributed by atoms with Gasteiger partial charge < -0.3 is 15.4 Å². The summed E-state index contributed by atoms with van der Waals surface area (Å²) in [6.07, 6.45) is 0. The van der Waals surface area contributed by atoms with Crippen molar-refractivity contribution in [2.75, 3.05) is 10.6 Å². The summed E-state index contributed by atoms with van der Waals surface area (Å²) >= 11 is 0. The number of ether oxygens (including phenoxy) is 1. The van der Waals surface area contributed by atoms with Crippen LogP contribution in [0.5, 0.6) is 11.5 Å². The molecule has 0 aliphatic rings. The van der Waals surface area contributed by atoms with E-state index in [9.17, 15) is 14.0 Å². The van der Waals surface area contributed by atoms with E-state index in [2.05, 4.69) is 10.6 Å². The fourth-order valence-corrected chi connectivity index (χ4v) is 2.20. The summed E-state index contributed by atoms with van der Waals surface area (Å²) in [7, 11) is 0. The molecular weight excluding hydrogens is 335 g/mol. The topological polar surface area (TPSA) is 67.4 Å². The van der Waals surface area contributed by atoms with E-state index in [1.165, 1.54) is 18.2 Å². The number of amides is 2. The minimum Gasteiger partial charge on any atom is -0.455 e. The van der Waals surface area contributed by atoms with Gasteiger partial charge in [0.25, 0.3) is 0 Å². The molecule has 3 aromatic rings. The van der Waals surface area contributed by atoms with Gasteiger partial charge in [0.05, 0.1) is 11.4 Å². The van der Waals surface area contributed by atoms with Crippen LogP contribution in [0.4, 0.5) is 15.8 Å². The van der Waals surface area contributed by atoms with Gasteiger partial charge in [-0.1, -0.05) is 42.5 Å². The average molecular weight is 350 g/mol. The highest BCUT2D eigenvalue weighted by molar-refractivity contribution is 6.43. The van der Waals surface area contributed by atoms with E-state index in [1.807, 2.05) is 18.2 Å². The lowest BCUT2D eigenvalue weighted by Crippen LogP contribution is -2.29. The first-order valence-corrected chi connectivity index (χ1v) is 7.82. The van der Waals surface area contributed by atoms with Crippen LogP contribution in [0, 0.1) is 5.82 Å². The molecule has 130 valence electrons. The Labute approximate surface area is 149 Å². The van der Waals surface area contributed by atoms with Crippen molar-refractivity contribution in [3.05, 3.63) is 84.7 Å². The van der Waals surface area contributed by atoms with Crippen LogP contribution < -0.4 is 15.4 Å². The maximum atomic E-state index is 13.6. The third-order valence-corrected chi connectivity index (χ3v) is 3.43. The van der Waals surface area contributed by atoms with Crippen molar-refractivity contribution < 1.29 is 18.7 Å². The van der Waals surface area contributed by atoms with Gasteiger partial charge in [-0.05, 0) is 36.4 Å². The van der Waals surface area contributed by atoms with Gasteiger partial charge in [-0.3, -0.25) is 9.59 Å². The van der Waals surface area contributed by atoms with E-state index in [0.717, 1.165) is 0 Å². The Kier molecular flexibility index (Phi) is 5.24. The van der Waals surface area contributed by atoms with Gasteiger partial charge in [0.1, 0.15) is 11.6 Å². The van der Waals surface area contributed by atoms with Crippen LogP contribution >= 0.6 is 0 Å². The van der Waals surface area contributed by atoms with E-state index in [0.29, 0.717) is 17.2 Å². The van der Waals surface area contributed by atoms with E-state index >= 15 is 0 Å². The largest absolute Gasteiger partial charge is 0.455 e. The quantitative estimate of drug-likeness (QED) is 0.693. The highest BCUT2D eigenvalue weighted by Crippen LogP contribution is 2.29. The number of anilines is 2. The summed E-state index contributed by atoms with van der Waals surface area (Å²) in [5.41, 5.74) is 0.256. The predicted octanol–water partition coefficient (Wildman–Crippen LogP) is 4.20. The van der Waals surface area contributed by atoms with Gasteiger partial charge in [-0.2, -0.15) is 0 Å². The summed E-state index contributed by atoms with van der Waals surface area (Å²) in [6.45, 7) is 0. The Morgan fingerprint density at radius 1 is 0.692 bits per heavy atom. The summed E-state index contributed by atoms with van der Waals surface area (Å²) < 4.78 is 19.3. The van der Waals surface area contributed by atoms with Gasteiger partial charge in [0.15, 0.2) is 5.75 Å². The Balaban J connectivity index is 1.71. The van der Waals surface area contributed by atoms with E-state index < -0.39 is 17.6 Å². The number of hydrogen-bond donors (Lipinski definition) is 2. The van der Waals surface area contributed by atoms with Gasteiger partial charge in [0, 0.05) is 0 Å². The van der Waals surface area contributed by atoms with Crippen LogP contribution in [-0.2, 0) is 9.59 Å². The first-order chi connectivity index (χ1) is 12.6. The molecule has 3 rings (SSSR count). The number of benzene rings is 3. The standard InChI is InChI=1S/C20H15FN2O3/c21-15-10-4-5-11-16(15)22-19(24)20(25)23-17-12-6-7-13-18(17)26-14-8-2-1-3-9-14/h1-13H,(H,22,24)(H,23,25). The fraction of sp³-hybridized carbons (Fsp3) is 0. The van der Waals surface area contributed by atoms with Crippen LogP contribution in [0.25, 0.3) is 0 Å². The average Bonchev–Trinajstić information content (AvgIpc) is 2.66. The van der Waals surface area contributed by atoms with Crippen molar-refractivity contribution in [3.8, 4) is 11.5 Å². The molecular formula is C20H15FN2O3. The van der Waals surface area contributed by atoms with Crippen molar-refractivity contribution >= 4 is 23.2 Å². The van der Waals surface area contributed by atoms with Crippen LogP contribution in [-0.4, -0.2) is 11.8 Å². The first-order valence-electron chi connectivity index (χ1n) is 7.82. The zero-order valence-electron chi connectivity index (χ0n) is 13.6. The number of halogens is 1. The maximum absolute atomic E-state index is 13.6. The lowest BCUT2D eigenvalue weighted by Gasteiger charge is -2.12. The monoisotopic (exact) mass is 350 g/mol. The van der Waals surface area contributed by atoms with Gasteiger partial charge in [-0.15, -0.1) is 0 Å². The van der Waals surface area contributed by atoms with E-state index in [4.69, 9.17) is 4.74 Å². The lowest BCUT2D eigenvalue weighted by molar-refractivity contribution is -0.133. The second-order valence-electron chi connectivity index (χ2n) is 5.30. The minimum absolute atomic E-state index is 0.0681. The number of nitrogens with one attached hydrogen (secondary N) is 2. The molecule has 2 N–H and O–H groups in total. The van der Waals surface area contributed by atoms with Crippen molar-refractivity contribution in [2.24, 2.45) is 0 Å². The van der Waals surface area contributed by atoms with Gasteiger partial charge in [0.2, 0.25) is 0 Å². The molecule has 0 saturated heterocycles. The van der Waals surface area contributed by atoms with Gasteiger partial charge in [-0.25, -0.2) is 4.39 Å². The van der Waals surface area contributed by atoms with Crippen LogP contribution in [0.1, 0.15) is 0 Å².